The number of hydrogen-bond acceptors (Lipinski definition) is 5. The summed E-state index contributed by atoms with van der Waals surface area (Å²) >= 11 is 0. The highest BCUT2D eigenvalue weighted by atomic mass is 16.7. The molecule has 0 aliphatic rings. The molecule has 0 aromatic rings. The Morgan fingerprint density at radius 2 is 1.19 bits per heavy atom. The summed E-state index contributed by atoms with van der Waals surface area (Å²) in [4.78, 5) is 0. The molecule has 0 N–H and O–H groups in total. The van der Waals surface area contributed by atoms with Crippen molar-refractivity contribution in [3.63, 3.8) is 0 Å². The van der Waals surface area contributed by atoms with Gasteiger partial charge in [0.25, 0.3) is 0 Å². The van der Waals surface area contributed by atoms with Gasteiger partial charge in [0.05, 0.1) is 38.3 Å². The van der Waals surface area contributed by atoms with E-state index in [1.807, 2.05) is 13.8 Å². The van der Waals surface area contributed by atoms with Gasteiger partial charge in [0.2, 0.25) is 12.6 Å². The lowest BCUT2D eigenvalue weighted by molar-refractivity contribution is -0.0927. The summed E-state index contributed by atoms with van der Waals surface area (Å²) in [5.41, 5.74) is 0. The van der Waals surface area contributed by atoms with E-state index in [1.165, 1.54) is 12.5 Å². The van der Waals surface area contributed by atoms with Crippen LogP contribution in [0.25, 0.3) is 0 Å². The average molecular weight is 298 g/mol. The van der Waals surface area contributed by atoms with Crippen molar-refractivity contribution in [2.45, 2.75) is 39.3 Å². The quantitative estimate of drug-likeness (QED) is 0.277. The van der Waals surface area contributed by atoms with E-state index in [9.17, 15) is 0 Å². The van der Waals surface area contributed by atoms with Gasteiger partial charge in [0.15, 0.2) is 0 Å². The van der Waals surface area contributed by atoms with Gasteiger partial charge < -0.3 is 23.7 Å². The van der Waals surface area contributed by atoms with Crippen LogP contribution in [0.2, 0.25) is 0 Å². The smallest absolute Gasteiger partial charge is 0.241 e. The fraction of sp³-hybridized carbons (Fsp3) is 0.500. The molecule has 0 heterocycles. The van der Waals surface area contributed by atoms with Crippen molar-refractivity contribution in [3.8, 4) is 0 Å². The minimum absolute atomic E-state index is 0.391. The third-order valence-corrected chi connectivity index (χ3v) is 2.22. The molecule has 0 rings (SSSR count). The summed E-state index contributed by atoms with van der Waals surface area (Å²) in [6.45, 7) is 11.8. The molecule has 0 aliphatic heterocycles. The molecule has 0 amide bonds. The molecule has 0 aromatic carbocycles. The lowest BCUT2D eigenvalue weighted by Crippen LogP contribution is -2.18. The molecule has 120 valence electrons. The zero-order chi connectivity index (χ0) is 15.8. The second kappa shape index (κ2) is 14.5. The lowest BCUT2D eigenvalue weighted by Gasteiger charge is -2.17. The van der Waals surface area contributed by atoms with Crippen LogP contribution in [0.15, 0.2) is 50.4 Å². The van der Waals surface area contributed by atoms with Gasteiger partial charge in [-0.25, -0.2) is 0 Å². The summed E-state index contributed by atoms with van der Waals surface area (Å²) < 4.78 is 26.6. The maximum atomic E-state index is 5.51. The molecule has 0 fully saturated rings. The SMILES string of the molecule is C=COC(CCOCCC(OC=C)OC=CC)OC=CC. The van der Waals surface area contributed by atoms with E-state index in [4.69, 9.17) is 23.7 Å². The molecule has 2 unspecified atom stereocenters. The predicted molar refractivity (Wildman–Crippen MR) is 82.0 cm³/mol. The third kappa shape index (κ3) is 11.6. The second-order valence-corrected chi connectivity index (χ2v) is 3.87. The highest BCUT2D eigenvalue weighted by molar-refractivity contribution is 4.68. The van der Waals surface area contributed by atoms with E-state index in [2.05, 4.69) is 13.2 Å². The highest BCUT2D eigenvalue weighted by Crippen LogP contribution is 2.05. The van der Waals surface area contributed by atoms with Crippen LogP contribution in [0.4, 0.5) is 0 Å². The monoisotopic (exact) mass is 298 g/mol. The van der Waals surface area contributed by atoms with Crippen molar-refractivity contribution in [1.82, 2.24) is 0 Å². The Hall–Kier alpha value is -1.88. The first-order valence-corrected chi connectivity index (χ1v) is 6.92. The largest absolute Gasteiger partial charge is 0.463 e. The van der Waals surface area contributed by atoms with Crippen molar-refractivity contribution < 1.29 is 23.7 Å². The van der Waals surface area contributed by atoms with Gasteiger partial charge in [-0.3, -0.25) is 0 Å². The molecule has 21 heavy (non-hydrogen) atoms. The zero-order valence-corrected chi connectivity index (χ0v) is 12.9. The first-order chi connectivity index (χ1) is 10.3. The van der Waals surface area contributed by atoms with Gasteiger partial charge in [-0.15, -0.1) is 0 Å². The minimum Gasteiger partial charge on any atom is -0.463 e. The Kier molecular flexibility index (Phi) is 13.2. The van der Waals surface area contributed by atoms with Crippen LogP contribution < -0.4 is 0 Å². The Balaban J connectivity index is 3.83. The standard InChI is InChI=1S/C16H26O5/c1-5-11-20-15(18-7-3)9-13-17-14-10-16(19-8-4)21-12-6-2/h5-8,11-12,15-16H,3-4,9-10,13-14H2,1-2H3. The Morgan fingerprint density at radius 1 is 0.762 bits per heavy atom. The van der Waals surface area contributed by atoms with Crippen molar-refractivity contribution in [2.24, 2.45) is 0 Å². The summed E-state index contributed by atoms with van der Waals surface area (Å²) in [7, 11) is 0. The van der Waals surface area contributed by atoms with Crippen LogP contribution in [-0.2, 0) is 23.7 Å². The van der Waals surface area contributed by atoms with Crippen molar-refractivity contribution in [1.29, 1.82) is 0 Å². The summed E-state index contributed by atoms with van der Waals surface area (Å²) in [6.07, 6.45) is 9.85. The fourth-order valence-corrected chi connectivity index (χ4v) is 1.34. The van der Waals surface area contributed by atoms with Gasteiger partial charge >= 0.3 is 0 Å². The molecule has 5 heteroatoms. The average Bonchev–Trinajstić information content (AvgIpc) is 2.49. The molecule has 0 bridgehead atoms. The zero-order valence-electron chi connectivity index (χ0n) is 12.9. The molecular formula is C16H26O5. The van der Waals surface area contributed by atoms with Crippen LogP contribution in [0.1, 0.15) is 26.7 Å². The third-order valence-electron chi connectivity index (χ3n) is 2.22. The molecule has 2 atom stereocenters. The van der Waals surface area contributed by atoms with Gasteiger partial charge in [0.1, 0.15) is 0 Å². The number of ether oxygens (including phenoxy) is 5. The van der Waals surface area contributed by atoms with E-state index >= 15 is 0 Å². The van der Waals surface area contributed by atoms with E-state index in [1.54, 1.807) is 24.7 Å². The van der Waals surface area contributed by atoms with Crippen molar-refractivity contribution >= 4 is 0 Å². The lowest BCUT2D eigenvalue weighted by atomic mass is 10.4. The predicted octanol–water partition coefficient (Wildman–Crippen LogP) is 3.86. The minimum atomic E-state index is -0.391. The van der Waals surface area contributed by atoms with Crippen molar-refractivity contribution in [3.05, 3.63) is 50.4 Å². The molecule has 0 radical (unpaired) electrons. The second-order valence-electron chi connectivity index (χ2n) is 3.87. The normalized spacial score (nSPS) is 13.8. The first-order valence-electron chi connectivity index (χ1n) is 6.92. The van der Waals surface area contributed by atoms with E-state index in [-0.39, 0.29) is 0 Å². The molecule has 0 spiro atoms. The van der Waals surface area contributed by atoms with Crippen molar-refractivity contribution in [2.75, 3.05) is 13.2 Å². The molecule has 0 saturated heterocycles. The number of allylic oxidation sites excluding steroid dienone is 2. The van der Waals surface area contributed by atoms with E-state index < -0.39 is 12.6 Å². The Labute approximate surface area is 127 Å². The topological polar surface area (TPSA) is 46.2 Å². The fourth-order valence-electron chi connectivity index (χ4n) is 1.34. The molecule has 0 aromatic heterocycles. The maximum Gasteiger partial charge on any atom is 0.241 e. The maximum absolute atomic E-state index is 5.51. The number of rotatable bonds is 14. The Morgan fingerprint density at radius 3 is 1.52 bits per heavy atom. The first kappa shape index (κ1) is 19.1. The van der Waals surface area contributed by atoms with E-state index in [0.29, 0.717) is 26.1 Å². The van der Waals surface area contributed by atoms with Crippen LogP contribution in [0.5, 0.6) is 0 Å². The van der Waals surface area contributed by atoms with Gasteiger partial charge in [-0.1, -0.05) is 25.3 Å². The van der Waals surface area contributed by atoms with Crippen LogP contribution in [0.3, 0.4) is 0 Å². The highest BCUT2D eigenvalue weighted by Gasteiger charge is 2.09. The molecular weight excluding hydrogens is 272 g/mol. The summed E-state index contributed by atoms with van der Waals surface area (Å²) in [6, 6.07) is 0. The van der Waals surface area contributed by atoms with Crippen LogP contribution >= 0.6 is 0 Å². The van der Waals surface area contributed by atoms with E-state index in [0.717, 1.165) is 0 Å². The van der Waals surface area contributed by atoms with Gasteiger partial charge in [-0.05, 0) is 13.8 Å². The Bertz CT molecular complexity index is 282. The molecule has 5 nitrogen and oxygen atoms in total. The van der Waals surface area contributed by atoms with Crippen LogP contribution in [-0.4, -0.2) is 25.8 Å². The molecule has 0 saturated carbocycles. The van der Waals surface area contributed by atoms with Crippen LogP contribution in [0, 0.1) is 0 Å². The van der Waals surface area contributed by atoms with Gasteiger partial charge in [0, 0.05) is 12.8 Å². The number of hydrogen-bond donors (Lipinski definition) is 0. The molecule has 0 aliphatic carbocycles. The summed E-state index contributed by atoms with van der Waals surface area (Å²) in [5, 5.41) is 0. The van der Waals surface area contributed by atoms with Gasteiger partial charge in [-0.2, -0.15) is 0 Å². The summed E-state index contributed by atoms with van der Waals surface area (Å²) in [5.74, 6) is 0.